The number of hydrogen-bond donors (Lipinski definition) is 1. The Balaban J connectivity index is 1.76. The first kappa shape index (κ1) is 10.3. The third kappa shape index (κ3) is 2.00. The largest absolute Gasteiger partial charge is 0.309 e. The molecule has 0 aliphatic carbocycles. The molecule has 1 saturated heterocycles. The summed E-state index contributed by atoms with van der Waals surface area (Å²) in [7, 11) is 0. The summed E-state index contributed by atoms with van der Waals surface area (Å²) in [5.74, 6) is 0. The van der Waals surface area contributed by atoms with Crippen LogP contribution in [0.15, 0.2) is 24.3 Å². The third-order valence-corrected chi connectivity index (χ3v) is 3.86. The zero-order chi connectivity index (χ0) is 10.8. The fourth-order valence-electron chi connectivity index (χ4n) is 2.98. The lowest BCUT2D eigenvalue weighted by molar-refractivity contribution is 0.287. The molecule has 0 spiro atoms. The van der Waals surface area contributed by atoms with Gasteiger partial charge in [-0.25, -0.2) is 0 Å². The molecule has 2 nitrogen and oxygen atoms in total. The minimum atomic E-state index is 0.558. The van der Waals surface area contributed by atoms with Crippen molar-refractivity contribution in [2.45, 2.75) is 25.3 Å². The van der Waals surface area contributed by atoms with E-state index in [0.717, 1.165) is 6.54 Å². The van der Waals surface area contributed by atoms with Gasteiger partial charge in [0.25, 0.3) is 0 Å². The summed E-state index contributed by atoms with van der Waals surface area (Å²) in [4.78, 5) is 2.60. The van der Waals surface area contributed by atoms with Crippen LogP contribution in [0.25, 0.3) is 0 Å². The first-order valence-electron chi connectivity index (χ1n) is 6.47. The molecule has 3 rings (SSSR count). The van der Waals surface area contributed by atoms with E-state index in [0.29, 0.717) is 6.04 Å². The van der Waals surface area contributed by atoms with Crippen LogP contribution in [-0.4, -0.2) is 31.1 Å². The Morgan fingerprint density at radius 3 is 2.88 bits per heavy atom. The molecule has 1 fully saturated rings. The predicted molar refractivity (Wildman–Crippen MR) is 66.6 cm³/mol. The predicted octanol–water partition coefficient (Wildman–Crippen LogP) is 1.97. The van der Waals surface area contributed by atoms with Crippen molar-refractivity contribution in [1.29, 1.82) is 0 Å². The summed E-state index contributed by atoms with van der Waals surface area (Å²) in [5.41, 5.74) is 3.08. The van der Waals surface area contributed by atoms with Gasteiger partial charge in [-0.05, 0) is 50.0 Å². The average molecular weight is 216 g/mol. The SMILES string of the molecule is c1ccc2c(c1)CCN[C@@H]2CN1CCCC1. The maximum Gasteiger partial charge on any atom is 0.0452 e. The lowest BCUT2D eigenvalue weighted by Gasteiger charge is -2.30. The van der Waals surface area contributed by atoms with Gasteiger partial charge in [0.05, 0.1) is 0 Å². The molecule has 16 heavy (non-hydrogen) atoms. The van der Waals surface area contributed by atoms with Crippen LogP contribution in [0, 0.1) is 0 Å². The lowest BCUT2D eigenvalue weighted by atomic mass is 9.94. The van der Waals surface area contributed by atoms with Gasteiger partial charge >= 0.3 is 0 Å². The van der Waals surface area contributed by atoms with Gasteiger partial charge in [-0.15, -0.1) is 0 Å². The molecule has 0 amide bonds. The Morgan fingerprint density at radius 1 is 1.19 bits per heavy atom. The standard InChI is InChI=1S/C14H20N2/c1-2-6-13-12(5-1)7-8-15-14(13)11-16-9-3-4-10-16/h1-2,5-6,14-15H,3-4,7-11H2/t14-/m1/s1. The molecule has 0 unspecified atom stereocenters. The molecule has 1 aromatic rings. The number of likely N-dealkylation sites (tertiary alicyclic amines) is 1. The number of nitrogens with zero attached hydrogens (tertiary/aromatic N) is 1. The van der Waals surface area contributed by atoms with Crippen LogP contribution >= 0.6 is 0 Å². The summed E-state index contributed by atoms with van der Waals surface area (Å²) >= 11 is 0. The van der Waals surface area contributed by atoms with Crippen molar-refractivity contribution in [1.82, 2.24) is 10.2 Å². The summed E-state index contributed by atoms with van der Waals surface area (Å²) < 4.78 is 0. The van der Waals surface area contributed by atoms with E-state index in [1.807, 2.05) is 0 Å². The van der Waals surface area contributed by atoms with Gasteiger partial charge < -0.3 is 10.2 Å². The van der Waals surface area contributed by atoms with E-state index in [2.05, 4.69) is 34.5 Å². The Kier molecular flexibility index (Phi) is 2.94. The Hall–Kier alpha value is -0.860. The quantitative estimate of drug-likeness (QED) is 0.813. The number of benzene rings is 1. The molecule has 1 aromatic carbocycles. The van der Waals surface area contributed by atoms with Gasteiger partial charge in [0.15, 0.2) is 0 Å². The van der Waals surface area contributed by atoms with Gasteiger partial charge in [-0.1, -0.05) is 24.3 Å². The molecule has 2 heterocycles. The van der Waals surface area contributed by atoms with E-state index in [4.69, 9.17) is 0 Å². The Bertz CT molecular complexity index is 356. The highest BCUT2D eigenvalue weighted by Gasteiger charge is 2.22. The van der Waals surface area contributed by atoms with Gasteiger partial charge in [-0.3, -0.25) is 0 Å². The Labute approximate surface area is 97.6 Å². The highest BCUT2D eigenvalue weighted by molar-refractivity contribution is 5.32. The third-order valence-electron chi connectivity index (χ3n) is 3.86. The zero-order valence-electron chi connectivity index (χ0n) is 9.78. The first-order valence-corrected chi connectivity index (χ1v) is 6.47. The highest BCUT2D eigenvalue weighted by Crippen LogP contribution is 2.24. The smallest absolute Gasteiger partial charge is 0.0452 e. The molecular weight excluding hydrogens is 196 g/mol. The van der Waals surface area contributed by atoms with Gasteiger partial charge in [0, 0.05) is 12.6 Å². The van der Waals surface area contributed by atoms with Crippen molar-refractivity contribution < 1.29 is 0 Å². The summed E-state index contributed by atoms with van der Waals surface area (Å²) in [5, 5.41) is 3.66. The molecule has 0 aromatic heterocycles. The second kappa shape index (κ2) is 4.56. The molecule has 2 aliphatic rings. The van der Waals surface area contributed by atoms with Crippen molar-refractivity contribution in [2.24, 2.45) is 0 Å². The molecule has 86 valence electrons. The van der Waals surface area contributed by atoms with Crippen LogP contribution in [0.3, 0.4) is 0 Å². The van der Waals surface area contributed by atoms with E-state index < -0.39 is 0 Å². The van der Waals surface area contributed by atoms with Gasteiger partial charge in [0.2, 0.25) is 0 Å². The van der Waals surface area contributed by atoms with E-state index in [1.54, 1.807) is 5.56 Å². The van der Waals surface area contributed by atoms with Crippen LogP contribution in [0.2, 0.25) is 0 Å². The topological polar surface area (TPSA) is 15.3 Å². The second-order valence-corrected chi connectivity index (χ2v) is 4.96. The summed E-state index contributed by atoms with van der Waals surface area (Å²) in [6, 6.07) is 9.47. The lowest BCUT2D eigenvalue weighted by Crippen LogP contribution is -2.37. The van der Waals surface area contributed by atoms with Crippen molar-refractivity contribution in [3.63, 3.8) is 0 Å². The molecule has 0 radical (unpaired) electrons. The van der Waals surface area contributed by atoms with Crippen molar-refractivity contribution >= 4 is 0 Å². The second-order valence-electron chi connectivity index (χ2n) is 4.96. The number of rotatable bonds is 2. The van der Waals surface area contributed by atoms with Crippen LogP contribution < -0.4 is 5.32 Å². The summed E-state index contributed by atoms with van der Waals surface area (Å²) in [6.45, 7) is 4.91. The maximum absolute atomic E-state index is 3.66. The van der Waals surface area contributed by atoms with E-state index >= 15 is 0 Å². The van der Waals surface area contributed by atoms with Crippen molar-refractivity contribution in [3.05, 3.63) is 35.4 Å². The maximum atomic E-state index is 3.66. The number of fused-ring (bicyclic) bond motifs is 1. The monoisotopic (exact) mass is 216 g/mol. The molecular formula is C14H20N2. The van der Waals surface area contributed by atoms with Crippen LogP contribution in [0.5, 0.6) is 0 Å². The molecule has 2 heteroatoms. The minimum Gasteiger partial charge on any atom is -0.309 e. The molecule has 1 atom stereocenters. The van der Waals surface area contributed by atoms with Crippen molar-refractivity contribution in [3.8, 4) is 0 Å². The molecule has 1 N–H and O–H groups in total. The fraction of sp³-hybridized carbons (Fsp3) is 0.571. The number of hydrogen-bond acceptors (Lipinski definition) is 2. The van der Waals surface area contributed by atoms with E-state index in [-0.39, 0.29) is 0 Å². The molecule has 0 bridgehead atoms. The van der Waals surface area contributed by atoms with Crippen LogP contribution in [0.4, 0.5) is 0 Å². The van der Waals surface area contributed by atoms with Gasteiger partial charge in [-0.2, -0.15) is 0 Å². The number of nitrogens with one attached hydrogen (secondary N) is 1. The zero-order valence-corrected chi connectivity index (χ0v) is 9.78. The minimum absolute atomic E-state index is 0.558. The Morgan fingerprint density at radius 2 is 2.00 bits per heavy atom. The molecule has 2 aliphatic heterocycles. The average Bonchev–Trinajstić information content (AvgIpc) is 2.82. The molecule has 0 saturated carbocycles. The van der Waals surface area contributed by atoms with Crippen LogP contribution in [0.1, 0.15) is 30.0 Å². The van der Waals surface area contributed by atoms with Crippen LogP contribution in [-0.2, 0) is 6.42 Å². The van der Waals surface area contributed by atoms with Gasteiger partial charge in [0.1, 0.15) is 0 Å². The summed E-state index contributed by atoms with van der Waals surface area (Å²) in [6.07, 6.45) is 3.95. The first-order chi connectivity index (χ1) is 7.93. The fourth-order valence-corrected chi connectivity index (χ4v) is 2.98. The van der Waals surface area contributed by atoms with Crippen molar-refractivity contribution in [2.75, 3.05) is 26.2 Å². The van der Waals surface area contributed by atoms with E-state index in [1.165, 1.54) is 44.5 Å². The normalized spacial score (nSPS) is 25.6. The highest BCUT2D eigenvalue weighted by atomic mass is 15.2. The van der Waals surface area contributed by atoms with E-state index in [9.17, 15) is 0 Å².